The van der Waals surface area contributed by atoms with Crippen LogP contribution in [0.4, 0.5) is 0 Å². The summed E-state index contributed by atoms with van der Waals surface area (Å²) >= 11 is 0. The van der Waals surface area contributed by atoms with Gasteiger partial charge in [-0.3, -0.25) is 4.79 Å². The predicted octanol–water partition coefficient (Wildman–Crippen LogP) is 2.19. The maximum absolute atomic E-state index is 12.0. The number of carbonyl (C=O) groups is 1. The van der Waals surface area contributed by atoms with Crippen LogP contribution >= 0.6 is 0 Å². The van der Waals surface area contributed by atoms with Crippen molar-refractivity contribution in [3.8, 4) is 5.75 Å². The maximum atomic E-state index is 12.0. The van der Waals surface area contributed by atoms with Crippen molar-refractivity contribution in [1.82, 2.24) is 4.90 Å². The van der Waals surface area contributed by atoms with E-state index in [2.05, 4.69) is 6.92 Å². The number of rotatable bonds is 2. The Morgan fingerprint density at radius 2 is 2.12 bits per heavy atom. The minimum atomic E-state index is 0.169. The molecule has 1 fully saturated rings. The summed E-state index contributed by atoms with van der Waals surface area (Å²) < 4.78 is 0. The number of phenolic OH excluding ortho intramolecular Hbond substituents is 1. The van der Waals surface area contributed by atoms with E-state index in [-0.39, 0.29) is 11.7 Å². The number of likely N-dealkylation sites (tertiary alicyclic amines) is 1. The van der Waals surface area contributed by atoms with Crippen LogP contribution in [-0.4, -0.2) is 29.0 Å². The van der Waals surface area contributed by atoms with Gasteiger partial charge in [-0.05, 0) is 36.5 Å². The van der Waals surface area contributed by atoms with Crippen molar-refractivity contribution >= 4 is 5.91 Å². The molecule has 1 heterocycles. The lowest BCUT2D eigenvalue weighted by Crippen LogP contribution is -2.38. The Hall–Kier alpha value is -1.51. The minimum Gasteiger partial charge on any atom is -0.508 e. The summed E-state index contributed by atoms with van der Waals surface area (Å²) in [6.07, 6.45) is 2.60. The van der Waals surface area contributed by atoms with Crippen molar-refractivity contribution < 1.29 is 9.90 Å². The molecule has 3 heteroatoms. The van der Waals surface area contributed by atoms with Gasteiger partial charge in [0.1, 0.15) is 5.75 Å². The highest BCUT2D eigenvalue weighted by atomic mass is 16.3. The van der Waals surface area contributed by atoms with E-state index in [1.807, 2.05) is 11.0 Å². The van der Waals surface area contributed by atoms with Gasteiger partial charge in [0, 0.05) is 13.1 Å². The van der Waals surface area contributed by atoms with Crippen molar-refractivity contribution in [3.05, 3.63) is 29.8 Å². The van der Waals surface area contributed by atoms with Crippen LogP contribution in [0.25, 0.3) is 0 Å². The molecule has 1 amide bonds. The molecule has 1 N–H and O–H groups in total. The Morgan fingerprint density at radius 3 is 2.76 bits per heavy atom. The van der Waals surface area contributed by atoms with Crippen LogP contribution < -0.4 is 0 Å². The summed E-state index contributed by atoms with van der Waals surface area (Å²) in [5, 5.41) is 9.35. The average Bonchev–Trinajstić information content (AvgIpc) is 2.29. The molecule has 0 aliphatic carbocycles. The van der Waals surface area contributed by atoms with E-state index in [1.54, 1.807) is 18.2 Å². The van der Waals surface area contributed by atoms with Gasteiger partial charge in [0.15, 0.2) is 0 Å². The Kier molecular flexibility index (Phi) is 3.67. The standard InChI is InChI=1S/C14H19NO2/c1-11-5-7-15(8-6-11)14(17)10-12-3-2-4-13(16)9-12/h2-4,9,11,16H,5-8,10H2,1H3. The number of carbonyl (C=O) groups excluding carboxylic acids is 1. The molecule has 0 unspecified atom stereocenters. The third-order valence-electron chi connectivity index (χ3n) is 3.40. The molecule has 1 aliphatic heterocycles. The van der Waals surface area contributed by atoms with Crippen LogP contribution in [0.15, 0.2) is 24.3 Å². The van der Waals surface area contributed by atoms with Crippen LogP contribution in [0.1, 0.15) is 25.3 Å². The molecule has 0 radical (unpaired) electrons. The molecule has 0 bridgehead atoms. The zero-order valence-electron chi connectivity index (χ0n) is 10.2. The topological polar surface area (TPSA) is 40.5 Å². The van der Waals surface area contributed by atoms with Crippen LogP contribution in [0.5, 0.6) is 5.75 Å². The normalized spacial score (nSPS) is 17.1. The van der Waals surface area contributed by atoms with E-state index in [0.717, 1.165) is 37.4 Å². The summed E-state index contributed by atoms with van der Waals surface area (Å²) in [7, 11) is 0. The highest BCUT2D eigenvalue weighted by Crippen LogP contribution is 2.18. The number of amides is 1. The van der Waals surface area contributed by atoms with Crippen LogP contribution in [-0.2, 0) is 11.2 Å². The van der Waals surface area contributed by atoms with Gasteiger partial charge in [-0.1, -0.05) is 19.1 Å². The van der Waals surface area contributed by atoms with Gasteiger partial charge in [0.05, 0.1) is 6.42 Å². The Morgan fingerprint density at radius 1 is 1.41 bits per heavy atom. The molecular formula is C14H19NO2. The first-order chi connectivity index (χ1) is 8.15. The highest BCUT2D eigenvalue weighted by Gasteiger charge is 2.20. The van der Waals surface area contributed by atoms with Crippen molar-refractivity contribution in [2.24, 2.45) is 5.92 Å². The lowest BCUT2D eigenvalue weighted by atomic mass is 9.98. The Bertz CT molecular complexity index is 395. The number of nitrogens with zero attached hydrogens (tertiary/aromatic N) is 1. The largest absolute Gasteiger partial charge is 0.508 e. The van der Waals surface area contributed by atoms with Gasteiger partial charge < -0.3 is 10.0 Å². The number of aromatic hydroxyl groups is 1. The number of hydrogen-bond acceptors (Lipinski definition) is 2. The fourth-order valence-electron chi connectivity index (χ4n) is 2.21. The molecule has 0 spiro atoms. The predicted molar refractivity (Wildman–Crippen MR) is 66.8 cm³/mol. The van der Waals surface area contributed by atoms with E-state index in [0.29, 0.717) is 6.42 Å². The van der Waals surface area contributed by atoms with Gasteiger partial charge in [-0.15, -0.1) is 0 Å². The number of piperidine rings is 1. The number of hydrogen-bond donors (Lipinski definition) is 1. The van der Waals surface area contributed by atoms with Gasteiger partial charge >= 0.3 is 0 Å². The Labute approximate surface area is 102 Å². The minimum absolute atomic E-state index is 0.169. The Balaban J connectivity index is 1.93. The average molecular weight is 233 g/mol. The third-order valence-corrected chi connectivity index (χ3v) is 3.40. The molecule has 0 atom stereocenters. The van der Waals surface area contributed by atoms with E-state index < -0.39 is 0 Å². The van der Waals surface area contributed by atoms with Gasteiger partial charge in [0.2, 0.25) is 5.91 Å². The fourth-order valence-corrected chi connectivity index (χ4v) is 2.21. The second kappa shape index (κ2) is 5.21. The molecule has 2 rings (SSSR count). The zero-order valence-corrected chi connectivity index (χ0v) is 10.2. The first kappa shape index (κ1) is 12.0. The van der Waals surface area contributed by atoms with Crippen molar-refractivity contribution in [1.29, 1.82) is 0 Å². The van der Waals surface area contributed by atoms with Crippen LogP contribution in [0.2, 0.25) is 0 Å². The van der Waals surface area contributed by atoms with E-state index in [1.165, 1.54) is 0 Å². The lowest BCUT2D eigenvalue weighted by Gasteiger charge is -2.30. The maximum Gasteiger partial charge on any atom is 0.226 e. The van der Waals surface area contributed by atoms with Gasteiger partial charge in [-0.2, -0.15) is 0 Å². The first-order valence-electron chi connectivity index (χ1n) is 6.21. The van der Waals surface area contributed by atoms with E-state index >= 15 is 0 Å². The van der Waals surface area contributed by atoms with E-state index in [9.17, 15) is 9.90 Å². The third kappa shape index (κ3) is 3.22. The smallest absolute Gasteiger partial charge is 0.226 e. The van der Waals surface area contributed by atoms with Crippen LogP contribution in [0, 0.1) is 5.92 Å². The summed E-state index contributed by atoms with van der Waals surface area (Å²) in [5.74, 6) is 1.13. The van der Waals surface area contributed by atoms with E-state index in [4.69, 9.17) is 0 Å². The van der Waals surface area contributed by atoms with Crippen molar-refractivity contribution in [2.75, 3.05) is 13.1 Å². The quantitative estimate of drug-likeness (QED) is 0.850. The highest BCUT2D eigenvalue weighted by molar-refractivity contribution is 5.79. The monoisotopic (exact) mass is 233 g/mol. The fraction of sp³-hybridized carbons (Fsp3) is 0.500. The molecule has 0 aromatic heterocycles. The van der Waals surface area contributed by atoms with Gasteiger partial charge in [0.25, 0.3) is 0 Å². The molecule has 92 valence electrons. The second-order valence-electron chi connectivity index (χ2n) is 4.91. The molecule has 3 nitrogen and oxygen atoms in total. The molecular weight excluding hydrogens is 214 g/mol. The molecule has 1 aromatic carbocycles. The molecule has 1 saturated heterocycles. The first-order valence-corrected chi connectivity index (χ1v) is 6.21. The molecule has 1 aliphatic rings. The number of phenols is 1. The number of benzene rings is 1. The van der Waals surface area contributed by atoms with Gasteiger partial charge in [-0.25, -0.2) is 0 Å². The SMILES string of the molecule is CC1CCN(C(=O)Cc2cccc(O)c2)CC1. The summed E-state index contributed by atoms with van der Waals surface area (Å²) in [6.45, 7) is 3.98. The summed E-state index contributed by atoms with van der Waals surface area (Å²) in [4.78, 5) is 14.0. The van der Waals surface area contributed by atoms with Crippen molar-refractivity contribution in [3.63, 3.8) is 0 Å². The van der Waals surface area contributed by atoms with Crippen molar-refractivity contribution in [2.45, 2.75) is 26.2 Å². The second-order valence-corrected chi connectivity index (χ2v) is 4.91. The lowest BCUT2D eigenvalue weighted by molar-refractivity contribution is -0.131. The molecule has 17 heavy (non-hydrogen) atoms. The summed E-state index contributed by atoms with van der Waals surface area (Å²) in [6, 6.07) is 6.93. The van der Waals surface area contributed by atoms with Crippen LogP contribution in [0.3, 0.4) is 0 Å². The molecule has 1 aromatic rings. The summed E-state index contributed by atoms with van der Waals surface area (Å²) in [5.41, 5.74) is 0.883. The molecule has 0 saturated carbocycles. The zero-order chi connectivity index (χ0) is 12.3.